The van der Waals surface area contributed by atoms with Gasteiger partial charge in [-0.3, -0.25) is 0 Å². The fraction of sp³-hybridized carbons (Fsp3) is 0.200. The van der Waals surface area contributed by atoms with E-state index in [0.717, 1.165) is 22.3 Å². The Morgan fingerprint density at radius 2 is 1.92 bits per heavy atom. The zero-order valence-electron chi connectivity index (χ0n) is 13.8. The van der Waals surface area contributed by atoms with E-state index in [1.54, 1.807) is 30.3 Å². The lowest BCUT2D eigenvalue weighted by molar-refractivity contribution is -0.138. The molecule has 0 spiro atoms. The fourth-order valence-electron chi connectivity index (χ4n) is 2.11. The number of hydrogen-bond acceptors (Lipinski definition) is 4. The number of aryl methyl sites for hydroxylation is 2. The van der Waals surface area contributed by atoms with E-state index in [1.165, 1.54) is 6.08 Å². The first-order valence-corrected chi connectivity index (χ1v) is 7.59. The Morgan fingerprint density at radius 1 is 1.17 bits per heavy atom. The molecule has 0 saturated heterocycles. The average Bonchev–Trinajstić information content (AvgIpc) is 2.59. The van der Waals surface area contributed by atoms with Crippen LogP contribution in [-0.2, 0) is 16.1 Å². The number of nitrogens with zero attached hydrogens (tertiary/aromatic N) is 1. The lowest BCUT2D eigenvalue weighted by atomic mass is 10.1. The molecule has 0 fully saturated rings. The highest BCUT2D eigenvalue weighted by atomic mass is 16.5. The average molecular weight is 321 g/mol. The number of nitriles is 1. The van der Waals surface area contributed by atoms with Crippen LogP contribution in [0.5, 0.6) is 5.75 Å². The Balaban J connectivity index is 1.88. The van der Waals surface area contributed by atoms with E-state index in [0.29, 0.717) is 5.75 Å². The summed E-state index contributed by atoms with van der Waals surface area (Å²) in [4.78, 5) is 11.8. The van der Waals surface area contributed by atoms with Gasteiger partial charge in [0, 0.05) is 6.08 Å². The highest BCUT2D eigenvalue weighted by molar-refractivity contribution is 5.87. The fourth-order valence-corrected chi connectivity index (χ4v) is 2.11. The Labute approximate surface area is 141 Å². The summed E-state index contributed by atoms with van der Waals surface area (Å²) < 4.78 is 10.4. The second-order valence-corrected chi connectivity index (χ2v) is 5.39. The van der Waals surface area contributed by atoms with Gasteiger partial charge in [0.15, 0.2) is 6.61 Å². The molecular weight excluding hydrogens is 302 g/mol. The molecule has 0 aromatic heterocycles. The van der Waals surface area contributed by atoms with Crippen LogP contribution in [0.1, 0.15) is 22.3 Å². The van der Waals surface area contributed by atoms with E-state index >= 15 is 0 Å². The molecule has 122 valence electrons. The van der Waals surface area contributed by atoms with Crippen molar-refractivity contribution < 1.29 is 14.3 Å². The topological polar surface area (TPSA) is 59.3 Å². The van der Waals surface area contributed by atoms with Crippen molar-refractivity contribution in [2.24, 2.45) is 0 Å². The molecule has 24 heavy (non-hydrogen) atoms. The minimum absolute atomic E-state index is 0.0138. The molecule has 2 rings (SSSR count). The molecule has 0 heterocycles. The van der Waals surface area contributed by atoms with Crippen molar-refractivity contribution in [2.75, 3.05) is 6.61 Å². The molecule has 2 aromatic carbocycles. The summed E-state index contributed by atoms with van der Waals surface area (Å²) in [6.45, 7) is 4.28. The lowest BCUT2D eigenvalue weighted by Crippen LogP contribution is -2.02. The second kappa shape index (κ2) is 8.54. The first-order valence-electron chi connectivity index (χ1n) is 7.59. The standard InChI is InChI=1S/C20H19NO3/c1-15-3-4-16(2)18(13-15)14-24-20(22)10-7-17-5-8-19(9-6-17)23-12-11-21/h3-10,13H,12,14H2,1-2H3/b10-7+. The molecule has 0 aliphatic heterocycles. The highest BCUT2D eigenvalue weighted by Crippen LogP contribution is 2.14. The Kier molecular flexibility index (Phi) is 6.16. The summed E-state index contributed by atoms with van der Waals surface area (Å²) in [5.41, 5.74) is 4.10. The van der Waals surface area contributed by atoms with Gasteiger partial charge in [0.05, 0.1) is 0 Å². The number of ether oxygens (including phenoxy) is 2. The highest BCUT2D eigenvalue weighted by Gasteiger charge is 2.02. The van der Waals surface area contributed by atoms with E-state index in [9.17, 15) is 4.79 Å². The van der Waals surface area contributed by atoms with Crippen molar-refractivity contribution in [3.05, 3.63) is 70.8 Å². The molecule has 2 aromatic rings. The van der Waals surface area contributed by atoms with Crippen molar-refractivity contribution in [1.29, 1.82) is 5.26 Å². The van der Waals surface area contributed by atoms with Crippen LogP contribution in [-0.4, -0.2) is 12.6 Å². The van der Waals surface area contributed by atoms with Gasteiger partial charge in [0.1, 0.15) is 18.4 Å². The van der Waals surface area contributed by atoms with E-state index in [2.05, 4.69) is 0 Å². The molecule has 0 amide bonds. The number of esters is 1. The van der Waals surface area contributed by atoms with E-state index < -0.39 is 0 Å². The van der Waals surface area contributed by atoms with Crippen LogP contribution in [0.15, 0.2) is 48.5 Å². The molecule has 0 bridgehead atoms. The number of benzene rings is 2. The first kappa shape index (κ1) is 17.3. The Morgan fingerprint density at radius 3 is 2.62 bits per heavy atom. The van der Waals surface area contributed by atoms with E-state index in [1.807, 2.05) is 38.1 Å². The normalized spacial score (nSPS) is 10.4. The lowest BCUT2D eigenvalue weighted by Gasteiger charge is -2.07. The summed E-state index contributed by atoms with van der Waals surface area (Å²) in [6, 6.07) is 15.1. The summed E-state index contributed by atoms with van der Waals surface area (Å²) in [6.07, 6.45) is 3.08. The number of rotatable bonds is 6. The predicted octanol–water partition coefficient (Wildman–Crippen LogP) is 3.96. The SMILES string of the molecule is Cc1ccc(C)c(COC(=O)/C=C/c2ccc(OCC#N)cc2)c1. The summed E-state index contributed by atoms with van der Waals surface area (Å²) in [5, 5.41) is 8.46. The smallest absolute Gasteiger partial charge is 0.331 e. The van der Waals surface area contributed by atoms with Crippen molar-refractivity contribution in [2.45, 2.75) is 20.5 Å². The summed E-state index contributed by atoms with van der Waals surface area (Å²) in [7, 11) is 0. The zero-order chi connectivity index (χ0) is 17.4. The number of carbonyl (C=O) groups is 1. The number of hydrogen-bond donors (Lipinski definition) is 0. The molecule has 0 N–H and O–H groups in total. The Bertz CT molecular complexity index is 770. The van der Waals surface area contributed by atoms with E-state index in [4.69, 9.17) is 14.7 Å². The van der Waals surface area contributed by atoms with Crippen molar-refractivity contribution >= 4 is 12.0 Å². The third-order valence-corrected chi connectivity index (χ3v) is 3.47. The number of carbonyl (C=O) groups excluding carboxylic acids is 1. The van der Waals surface area contributed by atoms with Gasteiger partial charge in [-0.25, -0.2) is 4.79 Å². The van der Waals surface area contributed by atoms with Gasteiger partial charge in [-0.15, -0.1) is 0 Å². The van der Waals surface area contributed by atoms with Crippen LogP contribution in [0.2, 0.25) is 0 Å². The third kappa shape index (κ3) is 5.29. The molecule has 0 aliphatic carbocycles. The predicted molar refractivity (Wildman–Crippen MR) is 92.3 cm³/mol. The molecular formula is C20H19NO3. The monoisotopic (exact) mass is 321 g/mol. The van der Waals surface area contributed by atoms with Crippen LogP contribution in [0.25, 0.3) is 6.08 Å². The van der Waals surface area contributed by atoms with Gasteiger partial charge in [-0.05, 0) is 48.7 Å². The molecule has 0 aliphatic rings. The minimum Gasteiger partial charge on any atom is -0.479 e. The quantitative estimate of drug-likeness (QED) is 0.597. The van der Waals surface area contributed by atoms with Crippen LogP contribution >= 0.6 is 0 Å². The van der Waals surface area contributed by atoms with Crippen molar-refractivity contribution in [1.82, 2.24) is 0 Å². The zero-order valence-corrected chi connectivity index (χ0v) is 13.8. The Hall–Kier alpha value is -3.06. The maximum absolute atomic E-state index is 11.8. The minimum atomic E-state index is -0.388. The van der Waals surface area contributed by atoms with Crippen LogP contribution in [0, 0.1) is 25.2 Å². The molecule has 4 heteroatoms. The maximum Gasteiger partial charge on any atom is 0.331 e. The van der Waals surface area contributed by atoms with Gasteiger partial charge < -0.3 is 9.47 Å². The van der Waals surface area contributed by atoms with Gasteiger partial charge in [0.2, 0.25) is 0 Å². The largest absolute Gasteiger partial charge is 0.479 e. The molecule has 0 saturated carbocycles. The van der Waals surface area contributed by atoms with Crippen molar-refractivity contribution in [3.63, 3.8) is 0 Å². The first-order chi connectivity index (χ1) is 11.6. The summed E-state index contributed by atoms with van der Waals surface area (Å²) >= 11 is 0. The molecule has 0 unspecified atom stereocenters. The van der Waals surface area contributed by atoms with E-state index in [-0.39, 0.29) is 19.2 Å². The molecule has 0 atom stereocenters. The maximum atomic E-state index is 11.8. The van der Waals surface area contributed by atoms with Gasteiger partial charge in [-0.1, -0.05) is 35.9 Å². The van der Waals surface area contributed by atoms with Gasteiger partial charge in [0.25, 0.3) is 0 Å². The van der Waals surface area contributed by atoms with Gasteiger partial charge >= 0.3 is 5.97 Å². The van der Waals surface area contributed by atoms with Crippen molar-refractivity contribution in [3.8, 4) is 11.8 Å². The molecule has 4 nitrogen and oxygen atoms in total. The molecule has 0 radical (unpaired) electrons. The van der Waals surface area contributed by atoms with Crippen LogP contribution < -0.4 is 4.74 Å². The summed E-state index contributed by atoms with van der Waals surface area (Å²) in [5.74, 6) is 0.229. The second-order valence-electron chi connectivity index (χ2n) is 5.39. The van der Waals surface area contributed by atoms with Gasteiger partial charge in [-0.2, -0.15) is 5.26 Å². The van der Waals surface area contributed by atoms with Crippen LogP contribution in [0.3, 0.4) is 0 Å². The third-order valence-electron chi connectivity index (χ3n) is 3.47. The van der Waals surface area contributed by atoms with Crippen LogP contribution in [0.4, 0.5) is 0 Å².